The number of ether oxygens (including phenoxy) is 1. The first-order valence-corrected chi connectivity index (χ1v) is 9.66. The fourth-order valence-electron chi connectivity index (χ4n) is 2.60. The molecule has 0 spiro atoms. The van der Waals surface area contributed by atoms with E-state index in [2.05, 4.69) is 10.3 Å². The number of amides is 1. The maximum absolute atomic E-state index is 12.3. The zero-order chi connectivity index (χ0) is 20.1. The minimum atomic E-state index is -0.544. The molecule has 0 radical (unpaired) electrons. The third-order valence-corrected chi connectivity index (χ3v) is 5.20. The summed E-state index contributed by atoms with van der Waals surface area (Å²) in [6, 6.07) is 11.6. The Morgan fingerprint density at radius 1 is 1.36 bits per heavy atom. The van der Waals surface area contributed by atoms with Crippen molar-refractivity contribution < 1.29 is 14.5 Å². The Morgan fingerprint density at radius 2 is 2.14 bits per heavy atom. The summed E-state index contributed by atoms with van der Waals surface area (Å²) in [6.07, 6.45) is 0. The van der Waals surface area contributed by atoms with E-state index >= 15 is 0 Å². The largest absolute Gasteiger partial charge is 0.383 e. The zero-order valence-corrected chi connectivity index (χ0v) is 16.5. The van der Waals surface area contributed by atoms with Gasteiger partial charge >= 0.3 is 0 Å². The lowest BCUT2D eigenvalue weighted by Crippen LogP contribution is -2.15. The number of thioether (sulfide) groups is 1. The maximum Gasteiger partial charge on any atom is 0.271 e. The molecule has 2 aromatic carbocycles. The van der Waals surface area contributed by atoms with Crippen molar-refractivity contribution in [1.29, 1.82) is 0 Å². The molecular weight excluding hydrogens is 404 g/mol. The van der Waals surface area contributed by atoms with Gasteiger partial charge in [0.15, 0.2) is 5.16 Å². The van der Waals surface area contributed by atoms with Crippen molar-refractivity contribution in [3.8, 4) is 0 Å². The first-order chi connectivity index (χ1) is 13.5. The third kappa shape index (κ3) is 4.61. The van der Waals surface area contributed by atoms with Crippen LogP contribution >= 0.6 is 23.4 Å². The van der Waals surface area contributed by atoms with Gasteiger partial charge < -0.3 is 14.6 Å². The van der Waals surface area contributed by atoms with Crippen LogP contribution in [0.4, 0.5) is 11.4 Å². The summed E-state index contributed by atoms with van der Waals surface area (Å²) in [5, 5.41) is 14.3. The molecule has 1 amide bonds. The summed E-state index contributed by atoms with van der Waals surface area (Å²) in [6.45, 7) is 1.15. The van der Waals surface area contributed by atoms with Gasteiger partial charge in [-0.05, 0) is 18.2 Å². The molecule has 0 unspecified atom stereocenters. The SMILES string of the molecule is COCCn1c(SCC(=O)Nc2ccc([N+](=O)[O-])cc2Cl)nc2ccccc21. The number of benzene rings is 2. The van der Waals surface area contributed by atoms with Crippen molar-refractivity contribution in [3.63, 3.8) is 0 Å². The molecule has 1 aromatic heterocycles. The first-order valence-electron chi connectivity index (χ1n) is 8.30. The number of anilines is 1. The quantitative estimate of drug-likeness (QED) is 0.336. The number of non-ortho nitro benzene ring substituents is 1. The Balaban J connectivity index is 1.70. The number of carbonyl (C=O) groups excluding carboxylic acids is 1. The predicted molar refractivity (Wildman–Crippen MR) is 109 cm³/mol. The van der Waals surface area contributed by atoms with Crippen molar-refractivity contribution in [2.45, 2.75) is 11.7 Å². The number of imidazole rings is 1. The van der Waals surface area contributed by atoms with Gasteiger partial charge in [0, 0.05) is 25.8 Å². The van der Waals surface area contributed by atoms with Crippen LogP contribution in [0.5, 0.6) is 0 Å². The fourth-order valence-corrected chi connectivity index (χ4v) is 3.66. The molecule has 0 bridgehead atoms. The van der Waals surface area contributed by atoms with Gasteiger partial charge in [-0.15, -0.1) is 0 Å². The van der Waals surface area contributed by atoms with Gasteiger partial charge in [0.1, 0.15) is 0 Å². The van der Waals surface area contributed by atoms with Crippen molar-refractivity contribution in [2.75, 3.05) is 24.8 Å². The van der Waals surface area contributed by atoms with Crippen molar-refractivity contribution in [1.82, 2.24) is 9.55 Å². The number of nitro groups is 1. The average molecular weight is 421 g/mol. The lowest BCUT2D eigenvalue weighted by molar-refractivity contribution is -0.384. The molecule has 146 valence electrons. The lowest BCUT2D eigenvalue weighted by atomic mass is 10.3. The summed E-state index contributed by atoms with van der Waals surface area (Å²) in [5.41, 5.74) is 2.01. The van der Waals surface area contributed by atoms with E-state index in [9.17, 15) is 14.9 Å². The molecule has 1 heterocycles. The van der Waals surface area contributed by atoms with Crippen LogP contribution in [0, 0.1) is 10.1 Å². The number of nitrogens with zero attached hydrogens (tertiary/aromatic N) is 3. The molecule has 0 fully saturated rings. The van der Waals surface area contributed by atoms with Gasteiger partial charge in [-0.1, -0.05) is 35.5 Å². The topological polar surface area (TPSA) is 99.3 Å². The van der Waals surface area contributed by atoms with Crippen LogP contribution in [0.1, 0.15) is 0 Å². The van der Waals surface area contributed by atoms with Gasteiger partial charge in [-0.25, -0.2) is 4.98 Å². The number of methoxy groups -OCH3 is 1. The molecule has 0 aliphatic heterocycles. The van der Waals surface area contributed by atoms with Crippen LogP contribution in [-0.2, 0) is 16.1 Å². The van der Waals surface area contributed by atoms with Crippen molar-refractivity contribution in [3.05, 3.63) is 57.6 Å². The fraction of sp³-hybridized carbons (Fsp3) is 0.222. The van der Waals surface area contributed by atoms with E-state index in [1.54, 1.807) is 7.11 Å². The Labute approximate surface area is 170 Å². The van der Waals surface area contributed by atoms with Gasteiger partial charge in [0.2, 0.25) is 5.91 Å². The zero-order valence-electron chi connectivity index (χ0n) is 14.9. The number of hydrogen-bond acceptors (Lipinski definition) is 6. The number of hydrogen-bond donors (Lipinski definition) is 1. The minimum absolute atomic E-state index is 0.111. The molecule has 10 heteroatoms. The smallest absolute Gasteiger partial charge is 0.271 e. The Morgan fingerprint density at radius 3 is 2.86 bits per heavy atom. The molecule has 3 rings (SSSR count). The minimum Gasteiger partial charge on any atom is -0.383 e. The Kier molecular flexibility index (Phi) is 6.50. The number of carbonyl (C=O) groups is 1. The number of rotatable bonds is 8. The second kappa shape index (κ2) is 9.05. The van der Waals surface area contributed by atoms with Crippen LogP contribution in [0.2, 0.25) is 5.02 Å². The highest BCUT2D eigenvalue weighted by molar-refractivity contribution is 7.99. The maximum atomic E-state index is 12.3. The number of nitro benzene ring substituents is 1. The summed E-state index contributed by atoms with van der Waals surface area (Å²) in [7, 11) is 1.63. The van der Waals surface area contributed by atoms with Crippen LogP contribution in [0.15, 0.2) is 47.6 Å². The van der Waals surface area contributed by atoms with Crippen molar-refractivity contribution in [2.24, 2.45) is 0 Å². The number of nitrogens with one attached hydrogen (secondary N) is 1. The second-order valence-corrected chi connectivity index (χ2v) is 7.14. The highest BCUT2D eigenvalue weighted by atomic mass is 35.5. The van der Waals surface area contributed by atoms with Gasteiger partial charge in [-0.2, -0.15) is 0 Å². The van der Waals surface area contributed by atoms with E-state index in [4.69, 9.17) is 16.3 Å². The van der Waals surface area contributed by atoms with Crippen LogP contribution in [-0.4, -0.2) is 39.9 Å². The van der Waals surface area contributed by atoms with E-state index in [1.165, 1.54) is 30.0 Å². The Hall–Kier alpha value is -2.62. The molecule has 0 aliphatic rings. The third-order valence-electron chi connectivity index (χ3n) is 3.91. The summed E-state index contributed by atoms with van der Waals surface area (Å²) in [4.78, 5) is 27.1. The molecule has 0 aliphatic carbocycles. The molecule has 3 aromatic rings. The number of fused-ring (bicyclic) bond motifs is 1. The van der Waals surface area contributed by atoms with E-state index in [0.717, 1.165) is 11.0 Å². The summed E-state index contributed by atoms with van der Waals surface area (Å²) in [5.74, 6) is -0.171. The molecule has 1 N–H and O–H groups in total. The van der Waals surface area contributed by atoms with E-state index in [0.29, 0.717) is 24.0 Å². The Bertz CT molecular complexity index is 1020. The normalized spacial score (nSPS) is 10.9. The highest BCUT2D eigenvalue weighted by Crippen LogP contribution is 2.28. The average Bonchev–Trinajstić information content (AvgIpc) is 3.03. The van der Waals surface area contributed by atoms with Crippen LogP contribution < -0.4 is 5.32 Å². The van der Waals surface area contributed by atoms with Gasteiger partial charge in [-0.3, -0.25) is 14.9 Å². The van der Waals surface area contributed by atoms with Crippen LogP contribution in [0.3, 0.4) is 0 Å². The highest BCUT2D eigenvalue weighted by Gasteiger charge is 2.15. The van der Waals surface area contributed by atoms with Gasteiger partial charge in [0.05, 0.1) is 39.0 Å². The molecule has 0 atom stereocenters. The number of halogens is 1. The number of aromatic nitrogens is 2. The predicted octanol–water partition coefficient (Wildman–Crippen LogP) is 3.98. The standard InChI is InChI=1S/C18H17ClN4O4S/c1-27-9-8-22-16-5-3-2-4-15(16)21-18(22)28-11-17(24)20-14-7-6-12(23(25)26)10-13(14)19/h2-7,10H,8-9,11H2,1H3,(H,20,24). The number of para-hydroxylation sites is 2. The van der Waals surface area contributed by atoms with E-state index in [1.807, 2.05) is 28.8 Å². The second-order valence-electron chi connectivity index (χ2n) is 5.79. The van der Waals surface area contributed by atoms with Crippen molar-refractivity contribution >= 4 is 51.7 Å². The summed E-state index contributed by atoms with van der Waals surface area (Å²) < 4.78 is 7.17. The van der Waals surface area contributed by atoms with Gasteiger partial charge in [0.25, 0.3) is 5.69 Å². The summed E-state index contributed by atoms with van der Waals surface area (Å²) >= 11 is 7.31. The first kappa shape index (κ1) is 20.1. The van der Waals surface area contributed by atoms with E-state index in [-0.39, 0.29) is 22.4 Å². The molecule has 28 heavy (non-hydrogen) atoms. The monoisotopic (exact) mass is 420 g/mol. The van der Waals surface area contributed by atoms with Crippen LogP contribution in [0.25, 0.3) is 11.0 Å². The lowest BCUT2D eigenvalue weighted by Gasteiger charge is -2.09. The van der Waals surface area contributed by atoms with E-state index < -0.39 is 4.92 Å². The molecule has 0 saturated heterocycles. The molecule has 0 saturated carbocycles. The molecular formula is C18H17ClN4O4S. The molecule has 8 nitrogen and oxygen atoms in total.